The highest BCUT2D eigenvalue weighted by molar-refractivity contribution is 6.09. The van der Waals surface area contributed by atoms with Crippen LogP contribution in [-0.4, -0.2) is 19.3 Å². The molecule has 2 aromatic heterocycles. The quantitative estimate of drug-likeness (QED) is 0.168. The summed E-state index contributed by atoms with van der Waals surface area (Å²) in [5.74, 6) is 2.93. The Kier molecular flexibility index (Phi) is 7.81. The molecule has 0 amide bonds. The second-order valence-corrected chi connectivity index (χ2v) is 12.8. The molecule has 7 aromatic rings. The van der Waals surface area contributed by atoms with E-state index in [1.54, 1.807) is 0 Å². The predicted octanol–water partition coefficient (Wildman–Crippen LogP) is 10.5. The summed E-state index contributed by atoms with van der Waals surface area (Å²) in [4.78, 5) is 0. The Balaban J connectivity index is 1.35. The second-order valence-electron chi connectivity index (χ2n) is 12.8. The summed E-state index contributed by atoms with van der Waals surface area (Å²) in [7, 11) is 0. The molecule has 0 saturated carbocycles. The van der Waals surface area contributed by atoms with Crippen LogP contribution in [0, 0.1) is 11.8 Å². The van der Waals surface area contributed by atoms with Crippen LogP contribution in [0.4, 0.5) is 0 Å². The SMILES string of the molecule is CCC(C)Cc1ccc2c(c1)c1cc(CC(C)C)ccc1n2-c1ccc(-c2nnc(-c3ccccc3)n2-c2ccccc2)cc1. The van der Waals surface area contributed by atoms with Gasteiger partial charge in [0.25, 0.3) is 0 Å². The molecule has 0 bridgehead atoms. The Labute approximate surface area is 266 Å². The van der Waals surface area contributed by atoms with Crippen LogP contribution in [0.5, 0.6) is 0 Å². The molecule has 4 heteroatoms. The number of hydrogen-bond acceptors (Lipinski definition) is 2. The summed E-state index contributed by atoms with van der Waals surface area (Å²) < 4.78 is 4.57. The summed E-state index contributed by atoms with van der Waals surface area (Å²) in [6, 6.07) is 43.5. The lowest BCUT2D eigenvalue weighted by Gasteiger charge is -2.13. The molecular weight excluding hydrogens is 548 g/mol. The third kappa shape index (κ3) is 5.57. The fourth-order valence-electron chi connectivity index (χ4n) is 6.49. The maximum Gasteiger partial charge on any atom is 0.168 e. The van der Waals surface area contributed by atoms with Gasteiger partial charge in [-0.25, -0.2) is 0 Å². The Morgan fingerprint density at radius 3 is 1.60 bits per heavy atom. The Bertz CT molecular complexity index is 2070. The molecule has 5 aromatic carbocycles. The van der Waals surface area contributed by atoms with Crippen LogP contribution in [0.15, 0.2) is 121 Å². The van der Waals surface area contributed by atoms with Crippen LogP contribution in [0.3, 0.4) is 0 Å². The maximum absolute atomic E-state index is 4.71. The Hall–Kier alpha value is -4.96. The number of benzene rings is 5. The maximum atomic E-state index is 4.71. The molecule has 0 N–H and O–H groups in total. The van der Waals surface area contributed by atoms with Gasteiger partial charge in [0.2, 0.25) is 0 Å². The van der Waals surface area contributed by atoms with Crippen molar-refractivity contribution in [2.45, 2.75) is 47.0 Å². The molecule has 224 valence electrons. The minimum Gasteiger partial charge on any atom is -0.309 e. The molecule has 45 heavy (non-hydrogen) atoms. The molecule has 1 atom stereocenters. The first-order chi connectivity index (χ1) is 22.0. The van der Waals surface area contributed by atoms with Gasteiger partial charge in [0.15, 0.2) is 11.6 Å². The molecule has 0 saturated heterocycles. The molecule has 0 radical (unpaired) electrons. The molecule has 0 aliphatic heterocycles. The fraction of sp³-hybridized carbons (Fsp3) is 0.220. The summed E-state index contributed by atoms with van der Waals surface area (Å²) in [5, 5.41) is 12.0. The van der Waals surface area contributed by atoms with Gasteiger partial charge >= 0.3 is 0 Å². The highest BCUT2D eigenvalue weighted by Crippen LogP contribution is 2.35. The number of hydrogen-bond donors (Lipinski definition) is 0. The van der Waals surface area contributed by atoms with Crippen LogP contribution >= 0.6 is 0 Å². The molecule has 1 unspecified atom stereocenters. The van der Waals surface area contributed by atoms with E-state index >= 15 is 0 Å². The van der Waals surface area contributed by atoms with Gasteiger partial charge in [0.1, 0.15) is 0 Å². The molecule has 0 fully saturated rings. The van der Waals surface area contributed by atoms with E-state index in [4.69, 9.17) is 5.10 Å². The van der Waals surface area contributed by atoms with Crippen LogP contribution in [0.2, 0.25) is 0 Å². The fourth-order valence-corrected chi connectivity index (χ4v) is 6.49. The zero-order valence-electron chi connectivity index (χ0n) is 26.6. The molecule has 0 aliphatic rings. The summed E-state index contributed by atoms with van der Waals surface area (Å²) in [5.41, 5.74) is 9.52. The molecule has 4 nitrogen and oxygen atoms in total. The first kappa shape index (κ1) is 28.8. The number of para-hydroxylation sites is 1. The monoisotopic (exact) mass is 588 g/mol. The van der Waals surface area contributed by atoms with Gasteiger partial charge in [-0.2, -0.15) is 0 Å². The molecule has 0 spiro atoms. The molecule has 2 heterocycles. The van der Waals surface area contributed by atoms with Crippen molar-refractivity contribution in [3.05, 3.63) is 132 Å². The van der Waals surface area contributed by atoms with Gasteiger partial charge in [0, 0.05) is 33.3 Å². The van der Waals surface area contributed by atoms with Crippen molar-refractivity contribution in [2.24, 2.45) is 11.8 Å². The lowest BCUT2D eigenvalue weighted by Crippen LogP contribution is -2.00. The van der Waals surface area contributed by atoms with E-state index in [0.29, 0.717) is 11.8 Å². The summed E-state index contributed by atoms with van der Waals surface area (Å²) >= 11 is 0. The van der Waals surface area contributed by atoms with E-state index < -0.39 is 0 Å². The highest BCUT2D eigenvalue weighted by atomic mass is 15.3. The van der Waals surface area contributed by atoms with E-state index in [2.05, 4.69) is 139 Å². The topological polar surface area (TPSA) is 35.6 Å². The molecule has 7 rings (SSSR count). The van der Waals surface area contributed by atoms with Crippen LogP contribution in [0.1, 0.15) is 45.2 Å². The third-order valence-corrected chi connectivity index (χ3v) is 8.91. The Morgan fingerprint density at radius 2 is 1.04 bits per heavy atom. The summed E-state index contributed by atoms with van der Waals surface area (Å²) in [6.07, 6.45) is 3.37. The largest absolute Gasteiger partial charge is 0.309 e. The van der Waals surface area contributed by atoms with Crippen LogP contribution in [-0.2, 0) is 12.8 Å². The van der Waals surface area contributed by atoms with E-state index in [0.717, 1.165) is 47.0 Å². The smallest absolute Gasteiger partial charge is 0.168 e. The highest BCUT2D eigenvalue weighted by Gasteiger charge is 2.19. The molecular formula is C41H40N4. The van der Waals surface area contributed by atoms with E-state index in [1.807, 2.05) is 24.3 Å². The van der Waals surface area contributed by atoms with E-state index in [-0.39, 0.29) is 0 Å². The average Bonchev–Trinajstić information content (AvgIpc) is 3.65. The number of aromatic nitrogens is 4. The first-order valence-corrected chi connectivity index (χ1v) is 16.2. The van der Waals surface area contributed by atoms with Gasteiger partial charge < -0.3 is 4.57 Å². The minimum atomic E-state index is 0.615. The van der Waals surface area contributed by atoms with Crippen molar-refractivity contribution in [3.8, 4) is 34.2 Å². The zero-order chi connectivity index (χ0) is 30.9. The van der Waals surface area contributed by atoms with Crippen LogP contribution < -0.4 is 0 Å². The predicted molar refractivity (Wildman–Crippen MR) is 188 cm³/mol. The van der Waals surface area contributed by atoms with Gasteiger partial charge in [0.05, 0.1) is 11.0 Å². The van der Waals surface area contributed by atoms with E-state index in [1.165, 1.54) is 39.4 Å². The summed E-state index contributed by atoms with van der Waals surface area (Å²) in [6.45, 7) is 9.21. The second kappa shape index (κ2) is 12.2. The zero-order valence-corrected chi connectivity index (χ0v) is 26.6. The van der Waals surface area contributed by atoms with Crippen molar-refractivity contribution in [1.82, 2.24) is 19.3 Å². The normalized spacial score (nSPS) is 12.4. The van der Waals surface area contributed by atoms with Gasteiger partial charge in [-0.3, -0.25) is 4.57 Å². The van der Waals surface area contributed by atoms with Crippen molar-refractivity contribution in [1.29, 1.82) is 0 Å². The minimum absolute atomic E-state index is 0.615. The van der Waals surface area contributed by atoms with Crippen molar-refractivity contribution < 1.29 is 0 Å². The van der Waals surface area contributed by atoms with E-state index in [9.17, 15) is 0 Å². The number of fused-ring (bicyclic) bond motifs is 3. The van der Waals surface area contributed by atoms with Gasteiger partial charge in [-0.05, 0) is 96.5 Å². The first-order valence-electron chi connectivity index (χ1n) is 16.2. The van der Waals surface area contributed by atoms with Crippen molar-refractivity contribution in [3.63, 3.8) is 0 Å². The number of nitrogens with zero attached hydrogens (tertiary/aromatic N) is 4. The van der Waals surface area contributed by atoms with Gasteiger partial charge in [-0.1, -0.05) is 94.8 Å². The van der Waals surface area contributed by atoms with Crippen molar-refractivity contribution >= 4 is 21.8 Å². The van der Waals surface area contributed by atoms with Crippen LogP contribution in [0.25, 0.3) is 56.0 Å². The van der Waals surface area contributed by atoms with Crippen molar-refractivity contribution in [2.75, 3.05) is 0 Å². The van der Waals surface area contributed by atoms with Gasteiger partial charge in [-0.15, -0.1) is 10.2 Å². The standard InChI is InChI=1S/C41H40N4/c1-5-29(4)25-31-17-23-39-37(27-31)36-26-30(24-28(2)3)16-22-38(36)44(39)35-20-18-33(19-21-35)41-43-42-40(32-12-8-6-9-13-32)45(41)34-14-10-7-11-15-34/h6-23,26-29H,5,24-25H2,1-4H3. The number of rotatable bonds is 9. The Morgan fingerprint density at radius 1 is 0.533 bits per heavy atom. The molecule has 0 aliphatic carbocycles. The lowest BCUT2D eigenvalue weighted by atomic mass is 9.97. The lowest BCUT2D eigenvalue weighted by molar-refractivity contribution is 0.560. The third-order valence-electron chi connectivity index (χ3n) is 8.91. The average molecular weight is 589 g/mol.